The van der Waals surface area contributed by atoms with Crippen LogP contribution in [0.5, 0.6) is 23.0 Å². The van der Waals surface area contributed by atoms with E-state index in [9.17, 15) is 24.2 Å². The standard InChI is InChI=1S/C45H48F2N6O8/c1-50-37-9-8-28(16-31(37)21-53(50)22-32-25-60-39-19-29(17-34(47)44(39)61-32)40(54)35(48)23-51-10-2-11-51)26-4-6-27(7-5-26)42(56)45(57)49-36(24-52-12-3-13-52)41(55)30-18-33(46)43-38(20-30)58-14-15-59-43/h4-9,16-21,32,35-36,40-41,54-55H,2-3,10-15,22-25,48H2,1H3/p+1. The van der Waals surface area contributed by atoms with Crippen LogP contribution in [0.1, 0.15) is 46.5 Å². The number of aryl methyl sites for hydroxylation is 1. The van der Waals surface area contributed by atoms with Crippen LogP contribution in [0.4, 0.5) is 8.78 Å². The number of ether oxygens (including phenoxy) is 4. The third-order valence-electron chi connectivity index (χ3n) is 12.1. The van der Waals surface area contributed by atoms with Gasteiger partial charge in [0.1, 0.15) is 31.4 Å². The Kier molecular flexibility index (Phi) is 11.4. The number of halogens is 2. The second-order valence-electron chi connectivity index (χ2n) is 16.3. The molecule has 0 radical (unpaired) electrons. The first-order chi connectivity index (χ1) is 29.5. The highest BCUT2D eigenvalue weighted by molar-refractivity contribution is 6.42. The maximum Gasteiger partial charge on any atom is 0.292 e. The summed E-state index contributed by atoms with van der Waals surface area (Å²) >= 11 is 0. The van der Waals surface area contributed by atoms with Crippen LogP contribution in [-0.2, 0) is 18.4 Å². The molecule has 4 aliphatic rings. The number of ketones is 1. The molecule has 1 aromatic heterocycles. The lowest BCUT2D eigenvalue weighted by Gasteiger charge is -2.36. The molecule has 320 valence electrons. The van der Waals surface area contributed by atoms with Crippen molar-refractivity contribution < 1.29 is 52.2 Å². The molecule has 5 unspecified atom stereocenters. The number of benzene rings is 4. The number of nitrogens with one attached hydrogen (secondary N) is 1. The number of aliphatic hydroxyl groups excluding tert-OH is 2. The van der Waals surface area contributed by atoms with Crippen molar-refractivity contribution in [3.63, 3.8) is 0 Å². The first kappa shape index (κ1) is 40.7. The second-order valence-corrected chi connectivity index (χ2v) is 16.3. The summed E-state index contributed by atoms with van der Waals surface area (Å²) < 4.78 is 57.2. The van der Waals surface area contributed by atoms with E-state index in [1.54, 1.807) is 30.3 Å². The van der Waals surface area contributed by atoms with Gasteiger partial charge in [0.15, 0.2) is 40.7 Å². The maximum absolute atomic E-state index is 15.4. The van der Waals surface area contributed by atoms with Crippen LogP contribution in [0.15, 0.2) is 72.9 Å². The van der Waals surface area contributed by atoms with Crippen molar-refractivity contribution in [3.05, 3.63) is 101 Å². The molecule has 5 aromatic rings. The van der Waals surface area contributed by atoms with Gasteiger partial charge < -0.3 is 50.0 Å². The summed E-state index contributed by atoms with van der Waals surface area (Å²) in [6, 6.07) is 16.8. The lowest BCUT2D eigenvalue weighted by molar-refractivity contribution is -0.775. The Balaban J connectivity index is 0.848. The number of nitrogens with zero attached hydrogens (tertiary/aromatic N) is 4. The third kappa shape index (κ3) is 8.38. The first-order valence-corrected chi connectivity index (χ1v) is 20.7. The van der Waals surface area contributed by atoms with Gasteiger partial charge >= 0.3 is 0 Å². The monoisotopic (exact) mass is 839 g/mol. The summed E-state index contributed by atoms with van der Waals surface area (Å²) in [5, 5.41) is 25.8. The quantitative estimate of drug-likeness (QED) is 0.0738. The molecule has 0 aliphatic carbocycles. The Hall–Kier alpha value is -5.65. The Labute approximate surface area is 350 Å². The number of carbonyl (C=O) groups is 2. The van der Waals surface area contributed by atoms with Crippen molar-refractivity contribution in [2.45, 2.75) is 49.8 Å². The van der Waals surface area contributed by atoms with E-state index in [2.05, 4.69) is 10.2 Å². The lowest BCUT2D eigenvalue weighted by Crippen LogP contribution is -2.52. The Morgan fingerprint density at radius 1 is 0.820 bits per heavy atom. The summed E-state index contributed by atoms with van der Waals surface area (Å²) in [4.78, 5) is 31.0. The van der Waals surface area contributed by atoms with E-state index < -0.39 is 53.7 Å². The van der Waals surface area contributed by atoms with Crippen LogP contribution in [0.3, 0.4) is 0 Å². The molecule has 5 heterocycles. The van der Waals surface area contributed by atoms with E-state index >= 15 is 4.39 Å². The van der Waals surface area contributed by atoms with Gasteiger partial charge in [-0.2, -0.15) is 4.68 Å². The number of aliphatic hydroxyl groups is 2. The van der Waals surface area contributed by atoms with Crippen LogP contribution in [-0.4, -0.2) is 114 Å². The highest BCUT2D eigenvalue weighted by atomic mass is 19.1. The molecule has 0 saturated carbocycles. The van der Waals surface area contributed by atoms with E-state index in [0.717, 1.165) is 67.1 Å². The second kappa shape index (κ2) is 17.0. The average molecular weight is 840 g/mol. The topological polar surface area (TPSA) is 165 Å². The van der Waals surface area contributed by atoms with Crippen LogP contribution < -0.4 is 34.7 Å². The minimum absolute atomic E-state index is 0.00176. The summed E-state index contributed by atoms with van der Waals surface area (Å²) in [6.07, 6.45) is 1.20. The number of aromatic nitrogens is 2. The molecule has 2 saturated heterocycles. The molecule has 5 N–H and O–H groups in total. The molecular weight excluding hydrogens is 791 g/mol. The van der Waals surface area contributed by atoms with Crippen molar-refractivity contribution >= 4 is 22.6 Å². The van der Waals surface area contributed by atoms with Gasteiger partial charge in [0.05, 0.1) is 24.6 Å². The number of hydrogen-bond donors (Lipinski definition) is 4. The zero-order chi connectivity index (χ0) is 42.4. The zero-order valence-corrected chi connectivity index (χ0v) is 33.8. The van der Waals surface area contributed by atoms with Crippen molar-refractivity contribution in [2.24, 2.45) is 12.8 Å². The molecule has 5 atom stereocenters. The third-order valence-corrected chi connectivity index (χ3v) is 12.1. The van der Waals surface area contributed by atoms with E-state index in [0.29, 0.717) is 18.7 Å². The lowest BCUT2D eigenvalue weighted by atomic mass is 9.98. The Morgan fingerprint density at radius 3 is 2.16 bits per heavy atom. The van der Waals surface area contributed by atoms with E-state index in [-0.39, 0.29) is 60.5 Å². The minimum Gasteiger partial charge on any atom is -0.486 e. The van der Waals surface area contributed by atoms with E-state index in [1.807, 2.05) is 45.7 Å². The molecule has 0 spiro atoms. The number of likely N-dealkylation sites (tertiary alicyclic amines) is 2. The number of rotatable bonds is 14. The van der Waals surface area contributed by atoms with Crippen LogP contribution in [0.25, 0.3) is 22.0 Å². The summed E-state index contributed by atoms with van der Waals surface area (Å²) in [7, 11) is 1.92. The van der Waals surface area contributed by atoms with Gasteiger partial charge in [0.2, 0.25) is 18.5 Å². The molecule has 2 fully saturated rings. The van der Waals surface area contributed by atoms with Gasteiger partial charge in [-0.1, -0.05) is 30.3 Å². The van der Waals surface area contributed by atoms with Crippen LogP contribution in [0.2, 0.25) is 0 Å². The number of hydrogen-bond acceptors (Lipinski definition) is 11. The van der Waals surface area contributed by atoms with Crippen molar-refractivity contribution in [2.75, 3.05) is 59.1 Å². The largest absolute Gasteiger partial charge is 0.486 e. The molecule has 0 bridgehead atoms. The highest BCUT2D eigenvalue weighted by Crippen LogP contribution is 2.39. The fourth-order valence-electron chi connectivity index (χ4n) is 8.34. The zero-order valence-electron chi connectivity index (χ0n) is 33.8. The smallest absolute Gasteiger partial charge is 0.292 e. The molecule has 1 amide bonds. The van der Waals surface area contributed by atoms with E-state index in [1.165, 1.54) is 12.1 Å². The average Bonchev–Trinajstić information content (AvgIpc) is 3.55. The van der Waals surface area contributed by atoms with E-state index in [4.69, 9.17) is 24.7 Å². The van der Waals surface area contributed by atoms with Gasteiger partial charge in [-0.15, -0.1) is 4.68 Å². The fraction of sp³-hybridized carbons (Fsp3) is 0.400. The number of amides is 1. The van der Waals surface area contributed by atoms with Crippen molar-refractivity contribution in [1.29, 1.82) is 0 Å². The summed E-state index contributed by atoms with van der Waals surface area (Å²) in [6.45, 7) is 5.25. The minimum atomic E-state index is -1.32. The Bertz CT molecular complexity index is 2460. The van der Waals surface area contributed by atoms with Gasteiger partial charge in [-0.05, 0) is 97.7 Å². The molecular formula is C45H49F2N6O8+. The fourth-order valence-corrected chi connectivity index (χ4v) is 8.34. The molecule has 16 heteroatoms. The number of nitrogens with two attached hydrogens (primary N) is 1. The number of carbonyl (C=O) groups excluding carboxylic acids is 2. The van der Waals surface area contributed by atoms with Gasteiger partial charge in [-0.25, -0.2) is 8.78 Å². The van der Waals surface area contributed by atoms with Gasteiger partial charge in [-0.3, -0.25) is 9.59 Å². The number of fused-ring (bicyclic) bond motifs is 3. The normalized spacial score (nSPS) is 19.3. The Morgan fingerprint density at radius 2 is 1.46 bits per heavy atom. The molecule has 4 aliphatic heterocycles. The molecule has 4 aromatic carbocycles. The molecule has 9 rings (SSSR count). The molecule has 14 nitrogen and oxygen atoms in total. The highest BCUT2D eigenvalue weighted by Gasteiger charge is 2.34. The van der Waals surface area contributed by atoms with Gasteiger partial charge in [0, 0.05) is 24.7 Å². The maximum atomic E-state index is 15.4. The van der Waals surface area contributed by atoms with Crippen molar-refractivity contribution in [1.82, 2.24) is 19.8 Å². The summed E-state index contributed by atoms with van der Waals surface area (Å²) in [5.74, 6) is -2.56. The summed E-state index contributed by atoms with van der Waals surface area (Å²) in [5.41, 5.74) is 9.61. The predicted molar refractivity (Wildman–Crippen MR) is 219 cm³/mol. The van der Waals surface area contributed by atoms with Crippen LogP contribution >= 0.6 is 0 Å². The molecule has 61 heavy (non-hydrogen) atoms. The van der Waals surface area contributed by atoms with Crippen molar-refractivity contribution in [3.8, 4) is 34.1 Å². The predicted octanol–water partition coefficient (Wildman–Crippen LogP) is 3.20. The SMILES string of the molecule is Cn1c2ccc(-c3ccc(C(=O)C(=O)NC(CN4CCC4)C(O)c4cc(F)c5c(c4)OCCO5)cc3)cc2c[n+]1CC1COc2cc(C(O)C(N)CN3CCC3)cc(F)c2O1. The first-order valence-electron chi connectivity index (χ1n) is 20.7. The van der Waals surface area contributed by atoms with Crippen LogP contribution in [0, 0.1) is 11.6 Å². The van der Waals surface area contributed by atoms with Gasteiger partial charge in [0.25, 0.3) is 5.91 Å². The number of Topliss-reactive ketones (excluding diaryl/α,β-unsaturated/α-hetero) is 1.